The number of rotatable bonds is 7. The van der Waals surface area contributed by atoms with E-state index in [9.17, 15) is 51.1 Å². The van der Waals surface area contributed by atoms with Crippen molar-refractivity contribution in [3.05, 3.63) is 11.6 Å². The Labute approximate surface area is 368 Å². The molecule has 0 aromatic carbocycles. The largest absolute Gasteiger partial charge is 0.394 e. The van der Waals surface area contributed by atoms with Gasteiger partial charge in [0.1, 0.15) is 61.0 Å². The van der Waals surface area contributed by atoms with Gasteiger partial charge in [-0.15, -0.1) is 0 Å². The molecule has 9 rings (SSSR count). The van der Waals surface area contributed by atoms with Crippen molar-refractivity contribution < 1.29 is 89.0 Å². The van der Waals surface area contributed by atoms with Crippen molar-refractivity contribution in [1.82, 2.24) is 0 Å². The predicted molar refractivity (Wildman–Crippen MR) is 216 cm³/mol. The summed E-state index contributed by atoms with van der Waals surface area (Å²) in [5, 5.41) is 110. The second kappa shape index (κ2) is 17.2. The van der Waals surface area contributed by atoms with Crippen molar-refractivity contribution in [2.75, 3.05) is 13.2 Å². The molecular weight excluding hydrogens is 828 g/mol. The summed E-state index contributed by atoms with van der Waals surface area (Å²) < 4.78 is 49.7. The third-order valence-electron chi connectivity index (χ3n) is 17.8. The Morgan fingerprint density at radius 3 is 1.92 bits per heavy atom. The molecule has 18 nitrogen and oxygen atoms in total. The highest BCUT2D eigenvalue weighted by atomic mass is 16.8. The molecule has 0 aromatic rings. The van der Waals surface area contributed by atoms with Crippen molar-refractivity contribution in [3.8, 4) is 0 Å². The van der Waals surface area contributed by atoms with E-state index in [4.69, 9.17) is 37.9 Å². The highest BCUT2D eigenvalue weighted by molar-refractivity contribution is 5.30. The number of hydrogen-bond acceptors (Lipinski definition) is 18. The molecule has 360 valence electrons. The van der Waals surface area contributed by atoms with Crippen molar-refractivity contribution in [1.29, 1.82) is 0 Å². The third kappa shape index (κ3) is 7.53. The van der Waals surface area contributed by atoms with Gasteiger partial charge in [-0.25, -0.2) is 0 Å². The standard InChI is InChI=1S/C45H72O18/c1-17-7-10-45(56-16-17)18(2)30-26(63-45)13-24-29-23(14-28(48)44(24,30)6)43(5)9-8-22(11-21(43)12-25(29)47)59-42-39(62-41-36(54)34(52)32(50)20(4)58-41)37(55)38(27(15-46)60-42)61-40-35(53)33(51)31(49)19(3)57-40/h12,17-20,22-42,46-55H,7-11,13-16H2,1-6H3/t17-,18+,19+,20+,22+,23?,24?,25+,26?,27-,28-,29?,30?,31+,32+,33-,34-,35-,36-,37+,38-,39-,40-,41-,42-,43+,44-,45?/m1/s1. The van der Waals surface area contributed by atoms with Gasteiger partial charge in [-0.05, 0) is 81.5 Å². The van der Waals surface area contributed by atoms with E-state index >= 15 is 0 Å². The summed E-state index contributed by atoms with van der Waals surface area (Å²) >= 11 is 0. The maximum Gasteiger partial charge on any atom is 0.187 e. The maximum absolute atomic E-state index is 12.3. The van der Waals surface area contributed by atoms with Crippen LogP contribution < -0.4 is 0 Å². The van der Waals surface area contributed by atoms with Gasteiger partial charge in [-0.1, -0.05) is 39.3 Å². The summed E-state index contributed by atoms with van der Waals surface area (Å²) in [5.74, 6) is -0.0558. The van der Waals surface area contributed by atoms with E-state index in [1.807, 2.05) is 6.08 Å². The van der Waals surface area contributed by atoms with Crippen molar-refractivity contribution in [2.24, 2.45) is 46.3 Å². The van der Waals surface area contributed by atoms with Gasteiger partial charge in [-0.2, -0.15) is 0 Å². The van der Waals surface area contributed by atoms with Crippen LogP contribution in [0.15, 0.2) is 11.6 Å². The molecule has 1 spiro atoms. The van der Waals surface area contributed by atoms with E-state index < -0.39 is 128 Å². The van der Waals surface area contributed by atoms with Gasteiger partial charge in [0.25, 0.3) is 0 Å². The zero-order chi connectivity index (χ0) is 45.2. The molecule has 4 aliphatic carbocycles. The minimum Gasteiger partial charge on any atom is -0.394 e. The van der Waals surface area contributed by atoms with Crippen LogP contribution in [0, 0.1) is 46.3 Å². The Balaban J connectivity index is 0.942. The molecule has 0 amide bonds. The number of ether oxygens (including phenoxy) is 8. The Hall–Kier alpha value is -0.980. The lowest BCUT2D eigenvalue weighted by Gasteiger charge is -2.61. The average molecular weight is 901 g/mol. The van der Waals surface area contributed by atoms with E-state index in [1.54, 1.807) is 0 Å². The monoisotopic (exact) mass is 900 g/mol. The maximum atomic E-state index is 12.3. The molecule has 18 heteroatoms. The molecule has 0 bridgehead atoms. The van der Waals surface area contributed by atoms with E-state index in [2.05, 4.69) is 27.7 Å². The van der Waals surface area contributed by atoms with E-state index in [0.29, 0.717) is 38.2 Å². The van der Waals surface area contributed by atoms with Crippen LogP contribution in [-0.4, -0.2) is 187 Å². The second-order valence-electron chi connectivity index (χ2n) is 21.3. The summed E-state index contributed by atoms with van der Waals surface area (Å²) in [5.41, 5.74) is 0.142. The summed E-state index contributed by atoms with van der Waals surface area (Å²) in [4.78, 5) is 0. The molecule has 0 aromatic heterocycles. The van der Waals surface area contributed by atoms with Gasteiger partial charge in [0.05, 0.1) is 49.8 Å². The molecule has 5 heterocycles. The SMILES string of the molecule is C[C@@H]1CCC2(OC1)OC1CC3C4C(C[C@@H](O)[C@]3(C)C1[C@@H]2C)[C@@]1(C)CC[C@H](O[C@@H]2O[C@H](CO)[C@@H](O[C@H]3O[C@@H](C)[C@H](O)[C@@H](O)[C@H]3O)[C@H](O)[C@H]2O[C@H]2O[C@@H](C)[C@H](O)[C@@H](O)[C@H]2O)CC1=C[C@@H]4O. The molecular formula is C45H72O18. The molecule has 10 N–H and O–H groups in total. The smallest absolute Gasteiger partial charge is 0.187 e. The zero-order valence-electron chi connectivity index (χ0n) is 37.1. The first-order valence-electron chi connectivity index (χ1n) is 23.4. The van der Waals surface area contributed by atoms with E-state index in [0.717, 1.165) is 24.8 Å². The van der Waals surface area contributed by atoms with Crippen LogP contribution in [0.2, 0.25) is 0 Å². The molecule has 9 aliphatic rings. The van der Waals surface area contributed by atoms with E-state index in [1.165, 1.54) is 13.8 Å². The number of aliphatic hydroxyl groups is 10. The summed E-state index contributed by atoms with van der Waals surface area (Å²) in [7, 11) is 0. The predicted octanol–water partition coefficient (Wildman–Crippen LogP) is -0.817. The van der Waals surface area contributed by atoms with Crippen LogP contribution in [0.4, 0.5) is 0 Å². The normalized spacial score (nSPS) is 59.3. The molecule has 0 radical (unpaired) electrons. The molecule has 28 atom stereocenters. The quantitative estimate of drug-likeness (QED) is 0.140. The van der Waals surface area contributed by atoms with Crippen LogP contribution in [0.25, 0.3) is 0 Å². The lowest BCUT2D eigenvalue weighted by Crippen LogP contribution is -2.66. The topological polar surface area (TPSA) is 276 Å². The van der Waals surface area contributed by atoms with Gasteiger partial charge < -0.3 is 89.0 Å². The highest BCUT2D eigenvalue weighted by Crippen LogP contribution is 2.70. The fourth-order valence-corrected chi connectivity index (χ4v) is 13.9. The zero-order valence-corrected chi connectivity index (χ0v) is 37.1. The van der Waals surface area contributed by atoms with Crippen LogP contribution in [0.5, 0.6) is 0 Å². The summed E-state index contributed by atoms with van der Waals surface area (Å²) in [6, 6.07) is 0. The molecule has 63 heavy (non-hydrogen) atoms. The Kier molecular flexibility index (Phi) is 12.9. The van der Waals surface area contributed by atoms with E-state index in [-0.39, 0.29) is 41.1 Å². The fraction of sp³-hybridized carbons (Fsp3) is 0.956. The Morgan fingerprint density at radius 1 is 0.683 bits per heavy atom. The van der Waals surface area contributed by atoms with Gasteiger partial charge in [-0.3, -0.25) is 0 Å². The van der Waals surface area contributed by atoms with Gasteiger partial charge in [0.2, 0.25) is 0 Å². The number of fused-ring (bicyclic) bond motifs is 7. The Bertz CT molecular complexity index is 1660. The Morgan fingerprint density at radius 2 is 1.32 bits per heavy atom. The summed E-state index contributed by atoms with van der Waals surface area (Å²) in [6.07, 6.45) is -17.6. The van der Waals surface area contributed by atoms with Crippen LogP contribution in [0.3, 0.4) is 0 Å². The van der Waals surface area contributed by atoms with Crippen molar-refractivity contribution in [3.63, 3.8) is 0 Å². The van der Waals surface area contributed by atoms with Crippen LogP contribution in [0.1, 0.15) is 86.5 Å². The lowest BCUT2D eigenvalue weighted by molar-refractivity contribution is -0.388. The van der Waals surface area contributed by atoms with Crippen molar-refractivity contribution >= 4 is 0 Å². The minimum absolute atomic E-state index is 0.0229. The summed E-state index contributed by atoms with van der Waals surface area (Å²) in [6.45, 7) is 11.7. The van der Waals surface area contributed by atoms with Gasteiger partial charge in [0, 0.05) is 23.7 Å². The lowest BCUT2D eigenvalue weighted by atomic mass is 9.45. The van der Waals surface area contributed by atoms with Crippen LogP contribution in [-0.2, 0) is 37.9 Å². The molecule has 5 saturated heterocycles. The molecule has 8 fully saturated rings. The number of hydrogen-bond donors (Lipinski definition) is 10. The van der Waals surface area contributed by atoms with Crippen LogP contribution >= 0.6 is 0 Å². The number of aliphatic hydroxyl groups excluding tert-OH is 10. The molecule has 5 aliphatic heterocycles. The molecule has 3 saturated carbocycles. The van der Waals surface area contributed by atoms with Gasteiger partial charge in [0.15, 0.2) is 24.7 Å². The fourth-order valence-electron chi connectivity index (χ4n) is 13.9. The molecule has 6 unspecified atom stereocenters. The van der Waals surface area contributed by atoms with Crippen molar-refractivity contribution in [2.45, 2.75) is 209 Å². The third-order valence-corrected chi connectivity index (χ3v) is 17.8. The first-order valence-corrected chi connectivity index (χ1v) is 23.4. The first-order chi connectivity index (χ1) is 29.7. The first kappa shape index (κ1) is 47.1. The second-order valence-corrected chi connectivity index (χ2v) is 21.3. The highest BCUT2D eigenvalue weighted by Gasteiger charge is 2.72. The minimum atomic E-state index is -1.76. The van der Waals surface area contributed by atoms with Gasteiger partial charge >= 0.3 is 0 Å². The average Bonchev–Trinajstić information content (AvgIpc) is 3.70.